The van der Waals surface area contributed by atoms with Gasteiger partial charge in [-0.1, -0.05) is 6.42 Å². The van der Waals surface area contributed by atoms with E-state index in [1.54, 1.807) is 7.11 Å². The lowest BCUT2D eigenvalue weighted by molar-refractivity contribution is -0.112. The largest absolute Gasteiger partial charge is 0.387 e. The first-order valence-electron chi connectivity index (χ1n) is 4.98. The summed E-state index contributed by atoms with van der Waals surface area (Å²) in [7, 11) is 1.69. The van der Waals surface area contributed by atoms with Gasteiger partial charge in [-0.3, -0.25) is 0 Å². The normalized spacial score (nSPS) is 29.5. The molecule has 1 unspecified atom stereocenters. The van der Waals surface area contributed by atoms with E-state index in [1.807, 2.05) is 0 Å². The van der Waals surface area contributed by atoms with Crippen molar-refractivity contribution in [3.8, 4) is 0 Å². The molecule has 0 aromatic carbocycles. The first-order valence-corrected chi connectivity index (χ1v) is 4.98. The minimum absolute atomic E-state index is 0.465. The third-order valence-corrected chi connectivity index (χ3v) is 3.47. The summed E-state index contributed by atoms with van der Waals surface area (Å²) >= 11 is 0. The average Bonchev–Trinajstić information content (AvgIpc) is 2.62. The lowest BCUT2D eigenvalue weighted by Crippen LogP contribution is -2.47. The Hall–Kier alpha value is -0.0800. The van der Waals surface area contributed by atoms with Crippen molar-refractivity contribution < 1.29 is 9.84 Å². The first kappa shape index (κ1) is 8.52. The monoisotopic (exact) mass is 170 g/mol. The zero-order chi connectivity index (χ0) is 8.60. The van der Waals surface area contributed by atoms with Crippen LogP contribution in [-0.4, -0.2) is 24.4 Å². The number of rotatable bonds is 4. The third kappa shape index (κ3) is 1.27. The van der Waals surface area contributed by atoms with Crippen molar-refractivity contribution in [1.29, 1.82) is 0 Å². The molecule has 0 spiro atoms. The molecule has 2 rings (SSSR count). The van der Waals surface area contributed by atoms with Crippen LogP contribution in [0.1, 0.15) is 32.1 Å². The number of hydrogen-bond acceptors (Lipinski definition) is 2. The van der Waals surface area contributed by atoms with Gasteiger partial charge in [-0.05, 0) is 37.5 Å². The molecule has 2 saturated carbocycles. The van der Waals surface area contributed by atoms with Gasteiger partial charge in [0, 0.05) is 7.11 Å². The van der Waals surface area contributed by atoms with E-state index in [-0.39, 0.29) is 0 Å². The van der Waals surface area contributed by atoms with E-state index < -0.39 is 5.60 Å². The van der Waals surface area contributed by atoms with E-state index in [2.05, 4.69) is 0 Å². The summed E-state index contributed by atoms with van der Waals surface area (Å²) in [6, 6.07) is 0. The Morgan fingerprint density at radius 3 is 2.17 bits per heavy atom. The fourth-order valence-corrected chi connectivity index (χ4v) is 2.29. The minimum Gasteiger partial charge on any atom is -0.387 e. The molecule has 0 aromatic heterocycles. The van der Waals surface area contributed by atoms with Gasteiger partial charge in [0.25, 0.3) is 0 Å². The van der Waals surface area contributed by atoms with Crippen LogP contribution >= 0.6 is 0 Å². The van der Waals surface area contributed by atoms with Crippen LogP contribution < -0.4 is 0 Å². The van der Waals surface area contributed by atoms with Crippen LogP contribution in [-0.2, 0) is 4.74 Å². The molecule has 12 heavy (non-hydrogen) atoms. The van der Waals surface area contributed by atoms with Crippen molar-refractivity contribution in [3.05, 3.63) is 0 Å². The van der Waals surface area contributed by atoms with Crippen LogP contribution in [0, 0.1) is 11.8 Å². The van der Waals surface area contributed by atoms with E-state index in [1.165, 1.54) is 32.1 Å². The predicted molar refractivity (Wildman–Crippen MR) is 46.9 cm³/mol. The summed E-state index contributed by atoms with van der Waals surface area (Å²) in [4.78, 5) is 0. The van der Waals surface area contributed by atoms with E-state index in [9.17, 15) is 5.11 Å². The Morgan fingerprint density at radius 2 is 1.83 bits per heavy atom. The van der Waals surface area contributed by atoms with Gasteiger partial charge < -0.3 is 9.84 Å². The molecule has 2 nitrogen and oxygen atoms in total. The lowest BCUT2D eigenvalue weighted by Gasteiger charge is -2.41. The third-order valence-electron chi connectivity index (χ3n) is 3.47. The number of aliphatic hydroxyl groups is 1. The maximum Gasteiger partial charge on any atom is 0.0935 e. The minimum atomic E-state index is -0.465. The van der Waals surface area contributed by atoms with Crippen LogP contribution in [0.25, 0.3) is 0 Å². The molecule has 70 valence electrons. The highest BCUT2D eigenvalue weighted by Gasteiger charge is 2.50. The summed E-state index contributed by atoms with van der Waals surface area (Å²) in [5.41, 5.74) is -0.465. The summed E-state index contributed by atoms with van der Waals surface area (Å²) in [5, 5.41) is 10.3. The van der Waals surface area contributed by atoms with Gasteiger partial charge in [0.05, 0.1) is 12.2 Å². The molecule has 2 aliphatic carbocycles. The summed E-state index contributed by atoms with van der Waals surface area (Å²) < 4.78 is 5.12. The SMILES string of the molecule is COCC(O)(C1CCC1)C1CC1. The van der Waals surface area contributed by atoms with Crippen molar-refractivity contribution in [3.63, 3.8) is 0 Å². The fourth-order valence-electron chi connectivity index (χ4n) is 2.29. The van der Waals surface area contributed by atoms with Gasteiger partial charge in [-0.25, -0.2) is 0 Å². The molecule has 1 atom stereocenters. The van der Waals surface area contributed by atoms with Crippen LogP contribution in [0.3, 0.4) is 0 Å². The highest BCUT2D eigenvalue weighted by molar-refractivity contribution is 5.01. The fraction of sp³-hybridized carbons (Fsp3) is 1.00. The van der Waals surface area contributed by atoms with Crippen molar-refractivity contribution in [2.45, 2.75) is 37.7 Å². The second-order valence-electron chi connectivity index (χ2n) is 4.33. The Labute approximate surface area is 73.9 Å². The zero-order valence-corrected chi connectivity index (χ0v) is 7.75. The number of hydrogen-bond donors (Lipinski definition) is 1. The van der Waals surface area contributed by atoms with Crippen molar-refractivity contribution in [2.75, 3.05) is 13.7 Å². The molecular formula is C10H18O2. The van der Waals surface area contributed by atoms with Crippen LogP contribution in [0.2, 0.25) is 0 Å². The van der Waals surface area contributed by atoms with Gasteiger partial charge in [0.1, 0.15) is 0 Å². The van der Waals surface area contributed by atoms with Gasteiger partial charge in [-0.15, -0.1) is 0 Å². The molecule has 0 aromatic rings. The summed E-state index contributed by atoms with van der Waals surface area (Å²) in [6.45, 7) is 0.544. The second kappa shape index (κ2) is 3.00. The molecule has 2 fully saturated rings. The number of ether oxygens (including phenoxy) is 1. The Morgan fingerprint density at radius 1 is 1.25 bits per heavy atom. The molecule has 2 aliphatic rings. The maximum absolute atomic E-state index is 10.3. The van der Waals surface area contributed by atoms with E-state index in [4.69, 9.17) is 4.74 Å². The smallest absolute Gasteiger partial charge is 0.0935 e. The van der Waals surface area contributed by atoms with Crippen LogP contribution in [0.5, 0.6) is 0 Å². The molecule has 0 saturated heterocycles. The topological polar surface area (TPSA) is 29.5 Å². The van der Waals surface area contributed by atoms with Gasteiger partial charge in [-0.2, -0.15) is 0 Å². The van der Waals surface area contributed by atoms with Crippen LogP contribution in [0.15, 0.2) is 0 Å². The predicted octanol–water partition coefficient (Wildman–Crippen LogP) is 1.57. The highest BCUT2D eigenvalue weighted by atomic mass is 16.5. The van der Waals surface area contributed by atoms with Gasteiger partial charge in [0.15, 0.2) is 0 Å². The highest BCUT2D eigenvalue weighted by Crippen LogP contribution is 2.49. The molecule has 0 bridgehead atoms. The van der Waals surface area contributed by atoms with Gasteiger partial charge in [0.2, 0.25) is 0 Å². The summed E-state index contributed by atoms with van der Waals surface area (Å²) in [6.07, 6.45) is 6.11. The quantitative estimate of drug-likeness (QED) is 0.694. The van der Waals surface area contributed by atoms with Crippen LogP contribution in [0.4, 0.5) is 0 Å². The number of methoxy groups -OCH3 is 1. The maximum atomic E-state index is 10.3. The molecular weight excluding hydrogens is 152 g/mol. The van der Waals surface area contributed by atoms with Crippen molar-refractivity contribution >= 4 is 0 Å². The Balaban J connectivity index is 1.98. The van der Waals surface area contributed by atoms with E-state index >= 15 is 0 Å². The molecule has 1 N–H and O–H groups in total. The average molecular weight is 170 g/mol. The summed E-state index contributed by atoms with van der Waals surface area (Å²) in [5.74, 6) is 1.08. The molecule has 2 heteroatoms. The van der Waals surface area contributed by atoms with Crippen molar-refractivity contribution in [1.82, 2.24) is 0 Å². The second-order valence-corrected chi connectivity index (χ2v) is 4.33. The standard InChI is InChI=1S/C10H18O2/c1-12-7-10(11,9-5-6-9)8-3-2-4-8/h8-9,11H,2-7H2,1H3. The molecule has 0 heterocycles. The van der Waals surface area contributed by atoms with Gasteiger partial charge >= 0.3 is 0 Å². The lowest BCUT2D eigenvalue weighted by atomic mass is 9.71. The Bertz CT molecular complexity index is 161. The van der Waals surface area contributed by atoms with E-state index in [0.717, 1.165) is 0 Å². The zero-order valence-electron chi connectivity index (χ0n) is 7.75. The van der Waals surface area contributed by atoms with Crippen molar-refractivity contribution in [2.24, 2.45) is 11.8 Å². The molecule has 0 radical (unpaired) electrons. The first-order chi connectivity index (χ1) is 5.77. The van der Waals surface area contributed by atoms with E-state index in [0.29, 0.717) is 18.4 Å². The molecule has 0 amide bonds. The Kier molecular flexibility index (Phi) is 2.13. The molecule has 0 aliphatic heterocycles.